The first-order valence-electron chi connectivity index (χ1n) is 23.4. The van der Waals surface area contributed by atoms with Crippen LogP contribution in [-0.2, 0) is 0 Å². The molecule has 0 N–H and O–H groups in total. The molecule has 0 saturated heterocycles. The second-order valence-electron chi connectivity index (χ2n) is 17.7. The van der Waals surface area contributed by atoms with Gasteiger partial charge in [0.15, 0.2) is 11.6 Å². The van der Waals surface area contributed by atoms with Crippen molar-refractivity contribution >= 4 is 21.8 Å². The zero-order chi connectivity index (χ0) is 46.3. The van der Waals surface area contributed by atoms with Gasteiger partial charge in [-0.15, -0.1) is 0 Å². The van der Waals surface area contributed by atoms with Crippen molar-refractivity contribution in [2.24, 2.45) is 0 Å². The Hall–Kier alpha value is -9.06. The summed E-state index contributed by atoms with van der Waals surface area (Å²) in [4.78, 5) is 21.6. The third kappa shape index (κ3) is 8.06. The number of benzene rings is 9. The van der Waals surface area contributed by atoms with Crippen molar-refractivity contribution in [3.05, 3.63) is 248 Å². The lowest BCUT2D eigenvalue weighted by atomic mass is 10.0. The van der Waals surface area contributed by atoms with E-state index < -0.39 is 0 Å². The molecule has 5 nitrogen and oxygen atoms in total. The Balaban J connectivity index is 1.18. The summed E-state index contributed by atoms with van der Waals surface area (Å²) in [5.74, 6) is 1.20. The Morgan fingerprint density at radius 2 is 0.638 bits per heavy atom. The summed E-state index contributed by atoms with van der Waals surface area (Å²) in [7, 11) is 0. The molecule has 0 spiro atoms. The van der Waals surface area contributed by atoms with Crippen LogP contribution in [0.2, 0.25) is 0 Å². The minimum absolute atomic E-state index is 0.592. The molecule has 3 aromatic heterocycles. The summed E-state index contributed by atoms with van der Waals surface area (Å²) in [5, 5.41) is 2.31. The predicted octanol–water partition coefficient (Wildman–Crippen LogP) is 16.3. The third-order valence-corrected chi connectivity index (χ3v) is 12.9. The standard InChI is InChI=1S/C64H45N5/c1-42-17-15-27-48(35-42)50-29-32-53-54-33-30-51(49-28-16-18-43(2)36-49)39-62(54)69(61(53)38-50)60-34-31-52(63-65-56(44-19-7-3-8-20-44)40-57(66-63)45-21-9-4-10-22-45)37-55(60)64-67-58(46-23-11-5-12-24-46)41-59(68-64)47-25-13-6-14-26-47/h3-41H,1-2H3. The van der Waals surface area contributed by atoms with Gasteiger partial charge in [0.1, 0.15) is 0 Å². The molecule has 5 heteroatoms. The molecular weight excluding hydrogens is 839 g/mol. The van der Waals surface area contributed by atoms with Crippen molar-refractivity contribution in [2.45, 2.75) is 13.8 Å². The summed E-state index contributed by atoms with van der Waals surface area (Å²) in [6, 6.07) is 83.3. The molecule has 0 amide bonds. The fourth-order valence-electron chi connectivity index (χ4n) is 9.51. The van der Waals surface area contributed by atoms with Crippen LogP contribution in [-0.4, -0.2) is 24.5 Å². The van der Waals surface area contributed by atoms with Gasteiger partial charge in [-0.2, -0.15) is 0 Å². The SMILES string of the molecule is Cc1cccc(-c2ccc3c4ccc(-c5cccc(C)c5)cc4n(-c4ccc(-c5nc(-c6ccccc6)cc(-c6ccccc6)n5)cc4-c4nc(-c5ccccc5)cc(-c5ccccc5)n4)c3c2)c1. The monoisotopic (exact) mass is 883 g/mol. The van der Waals surface area contributed by atoms with Crippen LogP contribution < -0.4 is 0 Å². The largest absolute Gasteiger partial charge is 0.308 e. The highest BCUT2D eigenvalue weighted by molar-refractivity contribution is 6.11. The van der Waals surface area contributed by atoms with Gasteiger partial charge in [0.25, 0.3) is 0 Å². The normalized spacial score (nSPS) is 11.3. The van der Waals surface area contributed by atoms with Gasteiger partial charge in [-0.25, -0.2) is 19.9 Å². The van der Waals surface area contributed by atoms with Gasteiger partial charge in [-0.1, -0.05) is 205 Å². The maximum absolute atomic E-state index is 5.48. The molecule has 0 aliphatic rings. The molecule has 0 unspecified atom stereocenters. The van der Waals surface area contributed by atoms with Crippen LogP contribution in [0.1, 0.15) is 11.1 Å². The highest BCUT2D eigenvalue weighted by Gasteiger charge is 2.22. The zero-order valence-electron chi connectivity index (χ0n) is 38.3. The first-order chi connectivity index (χ1) is 34.0. The highest BCUT2D eigenvalue weighted by Crippen LogP contribution is 2.41. The zero-order valence-corrected chi connectivity index (χ0v) is 38.3. The van der Waals surface area contributed by atoms with E-state index in [9.17, 15) is 0 Å². The molecule has 0 radical (unpaired) electrons. The fourth-order valence-corrected chi connectivity index (χ4v) is 9.51. The average molecular weight is 884 g/mol. The van der Waals surface area contributed by atoms with E-state index >= 15 is 0 Å². The lowest BCUT2D eigenvalue weighted by molar-refractivity contribution is 1.13. The first kappa shape index (κ1) is 41.4. The van der Waals surface area contributed by atoms with E-state index in [2.05, 4.69) is 206 Å². The van der Waals surface area contributed by atoms with Crippen LogP contribution in [0.15, 0.2) is 237 Å². The number of rotatable bonds is 9. The Labute approximate surface area is 401 Å². The van der Waals surface area contributed by atoms with Gasteiger partial charge in [-0.3, -0.25) is 0 Å². The van der Waals surface area contributed by atoms with E-state index in [0.29, 0.717) is 11.6 Å². The smallest absolute Gasteiger partial charge is 0.162 e. The summed E-state index contributed by atoms with van der Waals surface area (Å²) in [6.07, 6.45) is 0. The van der Waals surface area contributed by atoms with Crippen LogP contribution in [0.25, 0.3) is 118 Å². The van der Waals surface area contributed by atoms with Gasteiger partial charge >= 0.3 is 0 Å². The number of nitrogens with zero attached hydrogens (tertiary/aromatic N) is 5. The number of fused-ring (bicyclic) bond motifs is 3. The van der Waals surface area contributed by atoms with Crippen LogP contribution in [0.5, 0.6) is 0 Å². The molecule has 0 bridgehead atoms. The molecule has 0 aliphatic carbocycles. The van der Waals surface area contributed by atoms with E-state index in [-0.39, 0.29) is 0 Å². The Morgan fingerprint density at radius 1 is 0.275 bits per heavy atom. The number of aromatic nitrogens is 5. The van der Waals surface area contributed by atoms with E-state index in [1.54, 1.807) is 0 Å². The van der Waals surface area contributed by atoms with Crippen LogP contribution >= 0.6 is 0 Å². The molecule has 0 fully saturated rings. The molecule has 69 heavy (non-hydrogen) atoms. The first-order valence-corrected chi connectivity index (χ1v) is 23.4. The van der Waals surface area contributed by atoms with Gasteiger partial charge in [0.2, 0.25) is 0 Å². The number of aryl methyl sites for hydroxylation is 2. The van der Waals surface area contributed by atoms with Crippen LogP contribution in [0.3, 0.4) is 0 Å². The van der Waals surface area contributed by atoms with Crippen molar-refractivity contribution in [3.63, 3.8) is 0 Å². The van der Waals surface area contributed by atoms with Crippen molar-refractivity contribution < 1.29 is 0 Å². The minimum atomic E-state index is 0.592. The van der Waals surface area contributed by atoms with E-state index in [0.717, 1.165) is 94.8 Å². The van der Waals surface area contributed by atoms with Crippen LogP contribution in [0, 0.1) is 13.8 Å². The molecule has 9 aromatic carbocycles. The van der Waals surface area contributed by atoms with Crippen LogP contribution in [0.4, 0.5) is 0 Å². The summed E-state index contributed by atoms with van der Waals surface area (Å²) >= 11 is 0. The van der Waals surface area contributed by atoms with Crippen molar-refractivity contribution in [1.29, 1.82) is 0 Å². The Kier molecular flexibility index (Phi) is 10.6. The Morgan fingerprint density at radius 3 is 1.04 bits per heavy atom. The van der Waals surface area contributed by atoms with E-state index in [1.807, 2.05) is 48.5 Å². The fraction of sp³-hybridized carbons (Fsp3) is 0.0312. The van der Waals surface area contributed by atoms with Gasteiger partial charge in [-0.05, 0) is 78.6 Å². The summed E-state index contributed by atoms with van der Waals surface area (Å²) in [5.41, 5.74) is 19.2. The minimum Gasteiger partial charge on any atom is -0.308 e. The second-order valence-corrected chi connectivity index (χ2v) is 17.7. The van der Waals surface area contributed by atoms with Gasteiger partial charge < -0.3 is 4.57 Å². The maximum Gasteiger partial charge on any atom is 0.162 e. The molecule has 326 valence electrons. The lowest BCUT2D eigenvalue weighted by Gasteiger charge is -2.17. The van der Waals surface area contributed by atoms with Gasteiger partial charge in [0.05, 0.1) is 39.5 Å². The summed E-state index contributed by atoms with van der Waals surface area (Å²) < 4.78 is 2.42. The highest BCUT2D eigenvalue weighted by atomic mass is 15.0. The van der Waals surface area contributed by atoms with E-state index in [4.69, 9.17) is 19.9 Å². The Bertz CT molecular complexity index is 3620. The molecule has 0 saturated carbocycles. The molecule has 12 aromatic rings. The second kappa shape index (κ2) is 17.6. The molecular formula is C64H45N5. The predicted molar refractivity (Wildman–Crippen MR) is 285 cm³/mol. The molecule has 12 rings (SSSR count). The topological polar surface area (TPSA) is 56.5 Å². The summed E-state index contributed by atoms with van der Waals surface area (Å²) in [6.45, 7) is 4.30. The number of hydrogen-bond acceptors (Lipinski definition) is 4. The lowest BCUT2D eigenvalue weighted by Crippen LogP contribution is -2.03. The number of hydrogen-bond donors (Lipinski definition) is 0. The van der Waals surface area contributed by atoms with Gasteiger partial charge in [0, 0.05) is 44.2 Å². The average Bonchev–Trinajstić information content (AvgIpc) is 3.74. The van der Waals surface area contributed by atoms with Crippen molar-refractivity contribution in [3.8, 4) is 95.7 Å². The quantitative estimate of drug-likeness (QED) is 0.145. The molecule has 0 aliphatic heterocycles. The molecule has 0 atom stereocenters. The van der Waals surface area contributed by atoms with E-state index in [1.165, 1.54) is 22.3 Å². The molecule has 3 heterocycles. The third-order valence-electron chi connectivity index (χ3n) is 12.9. The van der Waals surface area contributed by atoms with Crippen molar-refractivity contribution in [2.75, 3.05) is 0 Å². The van der Waals surface area contributed by atoms with Crippen molar-refractivity contribution in [1.82, 2.24) is 24.5 Å². The maximum atomic E-state index is 5.48.